The molecule has 0 bridgehead atoms. The van der Waals surface area contributed by atoms with Crippen molar-refractivity contribution in [3.05, 3.63) is 0 Å². The molecule has 1 unspecified atom stereocenters. The summed E-state index contributed by atoms with van der Waals surface area (Å²) >= 11 is 0. The number of nitrogens with zero attached hydrogens (tertiary/aromatic N) is 1. The van der Waals surface area contributed by atoms with Gasteiger partial charge in [0.1, 0.15) is 0 Å². The molecule has 1 atom stereocenters. The van der Waals surface area contributed by atoms with Crippen LogP contribution >= 0.6 is 0 Å². The van der Waals surface area contributed by atoms with Gasteiger partial charge in [-0.05, 0) is 19.3 Å². The van der Waals surface area contributed by atoms with Crippen LogP contribution in [0.2, 0.25) is 0 Å². The summed E-state index contributed by atoms with van der Waals surface area (Å²) < 4.78 is 35.9. The molecular weight excluding hydrogens is 256 g/mol. The Bertz CT molecular complexity index is 315. The highest BCUT2D eigenvalue weighted by Crippen LogP contribution is 2.14. The third kappa shape index (κ3) is 5.62. The van der Waals surface area contributed by atoms with Crippen molar-refractivity contribution < 1.29 is 17.9 Å². The quantitative estimate of drug-likeness (QED) is 0.622. The molecule has 0 spiro atoms. The van der Waals surface area contributed by atoms with E-state index in [0.717, 1.165) is 25.9 Å². The molecule has 6 nitrogen and oxygen atoms in total. The van der Waals surface area contributed by atoms with Gasteiger partial charge < -0.3 is 15.2 Å². The molecule has 2 N–H and O–H groups in total. The molecular formula is C11H24N2O4S. The summed E-state index contributed by atoms with van der Waals surface area (Å²) in [6, 6.07) is 0. The third-order valence-electron chi connectivity index (χ3n) is 2.96. The Morgan fingerprint density at radius 3 is 2.78 bits per heavy atom. The Morgan fingerprint density at radius 1 is 1.39 bits per heavy atom. The largest absolute Gasteiger partial charge is 0.379 e. The minimum atomic E-state index is -3.25. The molecule has 108 valence electrons. The first-order valence-corrected chi connectivity index (χ1v) is 8.00. The highest BCUT2D eigenvalue weighted by molar-refractivity contribution is 7.89. The topological polar surface area (TPSA) is 81.9 Å². The molecule has 1 heterocycles. The fraction of sp³-hybridized carbons (Fsp3) is 1.00. The summed E-state index contributed by atoms with van der Waals surface area (Å²) in [5.41, 5.74) is 5.26. The Balaban J connectivity index is 2.31. The lowest BCUT2D eigenvalue weighted by molar-refractivity contribution is 0.00851. The lowest BCUT2D eigenvalue weighted by Gasteiger charge is -2.27. The van der Waals surface area contributed by atoms with Crippen LogP contribution in [-0.2, 0) is 19.5 Å². The van der Waals surface area contributed by atoms with Gasteiger partial charge >= 0.3 is 0 Å². The van der Waals surface area contributed by atoms with Crippen LogP contribution in [0.3, 0.4) is 0 Å². The first-order chi connectivity index (χ1) is 8.56. The van der Waals surface area contributed by atoms with Crippen LogP contribution in [0.15, 0.2) is 0 Å². The number of hydrogen-bond acceptors (Lipinski definition) is 5. The zero-order valence-electron chi connectivity index (χ0n) is 11.0. The highest BCUT2D eigenvalue weighted by atomic mass is 32.2. The Morgan fingerprint density at radius 2 is 2.17 bits per heavy atom. The van der Waals surface area contributed by atoms with Crippen LogP contribution in [0.25, 0.3) is 0 Å². The van der Waals surface area contributed by atoms with Gasteiger partial charge in [-0.1, -0.05) is 0 Å². The summed E-state index contributed by atoms with van der Waals surface area (Å²) in [5, 5.41) is 0. The average molecular weight is 280 g/mol. The Labute approximate surface area is 109 Å². The van der Waals surface area contributed by atoms with Crippen LogP contribution < -0.4 is 5.73 Å². The standard InChI is InChI=1S/C11H24N2O4S/c1-13(10-11-4-2-3-6-17-11)18(14,15)9-8-16-7-5-12/h11H,2-10,12H2,1H3. The normalized spacial score (nSPS) is 21.4. The van der Waals surface area contributed by atoms with E-state index in [1.165, 1.54) is 4.31 Å². The molecule has 1 aliphatic heterocycles. The maximum Gasteiger partial charge on any atom is 0.216 e. The second kappa shape index (κ2) is 8.06. The summed E-state index contributed by atoms with van der Waals surface area (Å²) in [5.74, 6) is -0.00375. The maximum absolute atomic E-state index is 11.9. The van der Waals surface area contributed by atoms with E-state index in [1.54, 1.807) is 7.05 Å². The fourth-order valence-corrected chi connectivity index (χ4v) is 2.89. The van der Waals surface area contributed by atoms with Crippen LogP contribution in [0.1, 0.15) is 19.3 Å². The first kappa shape index (κ1) is 15.8. The zero-order valence-corrected chi connectivity index (χ0v) is 11.8. The summed E-state index contributed by atoms with van der Waals surface area (Å²) in [4.78, 5) is 0. The fourth-order valence-electron chi connectivity index (χ4n) is 1.86. The lowest BCUT2D eigenvalue weighted by Crippen LogP contribution is -2.39. The number of rotatable bonds is 8. The molecule has 1 aliphatic rings. The van der Waals surface area contributed by atoms with E-state index < -0.39 is 10.0 Å². The van der Waals surface area contributed by atoms with E-state index in [4.69, 9.17) is 15.2 Å². The Kier molecular flexibility index (Phi) is 7.10. The van der Waals surface area contributed by atoms with Crippen LogP contribution in [0, 0.1) is 0 Å². The molecule has 1 rings (SSSR count). The van der Waals surface area contributed by atoms with Crippen molar-refractivity contribution in [2.24, 2.45) is 5.73 Å². The predicted octanol–water partition coefficient (Wildman–Crippen LogP) is -0.208. The number of sulfonamides is 1. The van der Waals surface area contributed by atoms with Crippen molar-refractivity contribution in [3.63, 3.8) is 0 Å². The van der Waals surface area contributed by atoms with Crippen LogP contribution in [0.4, 0.5) is 0 Å². The monoisotopic (exact) mass is 280 g/mol. The first-order valence-electron chi connectivity index (χ1n) is 6.39. The minimum Gasteiger partial charge on any atom is -0.379 e. The summed E-state index contributed by atoms with van der Waals surface area (Å²) in [6.45, 7) is 2.16. The molecule has 0 aliphatic carbocycles. The molecule has 7 heteroatoms. The second-order valence-corrected chi connectivity index (χ2v) is 6.68. The van der Waals surface area contributed by atoms with Crippen molar-refractivity contribution in [1.29, 1.82) is 0 Å². The zero-order chi connectivity index (χ0) is 13.4. The van der Waals surface area contributed by atoms with Crippen molar-refractivity contribution in [2.45, 2.75) is 25.4 Å². The van der Waals surface area contributed by atoms with E-state index in [-0.39, 0.29) is 18.5 Å². The SMILES string of the molecule is CN(CC1CCCCO1)S(=O)(=O)CCOCCN. The molecule has 1 saturated heterocycles. The number of ether oxygens (including phenoxy) is 2. The van der Waals surface area contributed by atoms with E-state index >= 15 is 0 Å². The van der Waals surface area contributed by atoms with E-state index in [9.17, 15) is 8.42 Å². The van der Waals surface area contributed by atoms with Gasteiger partial charge in [0.05, 0.1) is 25.1 Å². The van der Waals surface area contributed by atoms with Crippen molar-refractivity contribution in [2.75, 3.05) is 45.7 Å². The van der Waals surface area contributed by atoms with Gasteiger partial charge in [-0.2, -0.15) is 0 Å². The molecule has 0 amide bonds. The number of likely N-dealkylation sites (N-methyl/N-ethyl adjacent to an activating group) is 1. The lowest BCUT2D eigenvalue weighted by atomic mass is 10.1. The van der Waals surface area contributed by atoms with Crippen LogP contribution in [0.5, 0.6) is 0 Å². The van der Waals surface area contributed by atoms with Gasteiger partial charge in [0, 0.05) is 26.7 Å². The van der Waals surface area contributed by atoms with Gasteiger partial charge in [0.15, 0.2) is 0 Å². The molecule has 0 aromatic rings. The predicted molar refractivity (Wildman–Crippen MR) is 69.9 cm³/mol. The summed E-state index contributed by atoms with van der Waals surface area (Å²) in [7, 11) is -1.66. The van der Waals surface area contributed by atoms with Crippen molar-refractivity contribution in [3.8, 4) is 0 Å². The van der Waals surface area contributed by atoms with Crippen molar-refractivity contribution >= 4 is 10.0 Å². The van der Waals surface area contributed by atoms with E-state index in [0.29, 0.717) is 19.7 Å². The number of nitrogens with two attached hydrogens (primary N) is 1. The van der Waals surface area contributed by atoms with Crippen LogP contribution in [-0.4, -0.2) is 64.5 Å². The Hall–Kier alpha value is -0.210. The second-order valence-electron chi connectivity index (χ2n) is 4.49. The minimum absolute atomic E-state index is 0.00375. The highest BCUT2D eigenvalue weighted by Gasteiger charge is 2.23. The maximum atomic E-state index is 11.9. The van der Waals surface area contributed by atoms with Gasteiger partial charge in [0.25, 0.3) is 0 Å². The molecule has 0 aromatic heterocycles. The van der Waals surface area contributed by atoms with Crippen molar-refractivity contribution in [1.82, 2.24) is 4.31 Å². The molecule has 1 fully saturated rings. The van der Waals surface area contributed by atoms with Gasteiger partial charge in [0.2, 0.25) is 10.0 Å². The van der Waals surface area contributed by atoms with E-state index in [1.807, 2.05) is 0 Å². The third-order valence-corrected chi connectivity index (χ3v) is 4.74. The van der Waals surface area contributed by atoms with Gasteiger partial charge in [-0.25, -0.2) is 12.7 Å². The molecule has 0 saturated carbocycles. The molecule has 0 aromatic carbocycles. The van der Waals surface area contributed by atoms with Gasteiger partial charge in [-0.15, -0.1) is 0 Å². The number of hydrogen-bond donors (Lipinski definition) is 1. The molecule has 0 radical (unpaired) electrons. The van der Waals surface area contributed by atoms with E-state index in [2.05, 4.69) is 0 Å². The van der Waals surface area contributed by atoms with Gasteiger partial charge in [-0.3, -0.25) is 0 Å². The smallest absolute Gasteiger partial charge is 0.216 e. The summed E-state index contributed by atoms with van der Waals surface area (Å²) in [6.07, 6.45) is 3.14. The average Bonchev–Trinajstić information content (AvgIpc) is 2.36. The molecule has 18 heavy (non-hydrogen) atoms.